The second kappa shape index (κ2) is 6.88. The van der Waals surface area contributed by atoms with Gasteiger partial charge < -0.3 is 19.7 Å². The van der Waals surface area contributed by atoms with E-state index in [2.05, 4.69) is 32.0 Å². The van der Waals surface area contributed by atoms with Crippen molar-refractivity contribution >= 4 is 5.78 Å². The van der Waals surface area contributed by atoms with E-state index in [1.165, 1.54) is 16.7 Å². The normalized spacial score (nSPS) is 46.4. The lowest BCUT2D eigenvalue weighted by molar-refractivity contribution is -0.187. The van der Waals surface area contributed by atoms with Gasteiger partial charge in [-0.1, -0.05) is 37.3 Å². The smallest absolute Gasteiger partial charge is 0.186 e. The van der Waals surface area contributed by atoms with Crippen LogP contribution in [0.4, 0.5) is 0 Å². The summed E-state index contributed by atoms with van der Waals surface area (Å²) in [7, 11) is 0. The molecule has 3 fully saturated rings. The lowest BCUT2D eigenvalue weighted by Gasteiger charge is -2.51. The van der Waals surface area contributed by atoms with Gasteiger partial charge in [0.05, 0.1) is 17.6 Å². The Hall–Kier alpha value is -1.79. The first kappa shape index (κ1) is 21.7. The first-order valence-corrected chi connectivity index (χ1v) is 12.4. The van der Waals surface area contributed by atoms with Gasteiger partial charge in [0.15, 0.2) is 12.1 Å². The molecular formula is C28H34O5. The summed E-state index contributed by atoms with van der Waals surface area (Å²) in [5.74, 6) is 0.639. The van der Waals surface area contributed by atoms with Gasteiger partial charge in [-0.2, -0.15) is 0 Å². The first-order chi connectivity index (χ1) is 15.6. The summed E-state index contributed by atoms with van der Waals surface area (Å²) in [5.41, 5.74) is 3.16. The van der Waals surface area contributed by atoms with Crippen molar-refractivity contribution in [1.82, 2.24) is 0 Å². The molecule has 2 saturated heterocycles. The number of ether oxygens (including phenoxy) is 2. The van der Waals surface area contributed by atoms with Crippen LogP contribution >= 0.6 is 0 Å². The van der Waals surface area contributed by atoms with Crippen LogP contribution in [0.5, 0.6) is 0 Å². The number of rotatable bonds is 2. The van der Waals surface area contributed by atoms with E-state index in [9.17, 15) is 15.0 Å². The molecule has 3 aliphatic carbocycles. The molecule has 5 heteroatoms. The highest BCUT2D eigenvalue weighted by Crippen LogP contribution is 2.59. The van der Waals surface area contributed by atoms with Gasteiger partial charge in [-0.15, -0.1) is 0 Å². The monoisotopic (exact) mass is 450 g/mol. The number of epoxide rings is 1. The van der Waals surface area contributed by atoms with Crippen molar-refractivity contribution in [3.8, 4) is 0 Å². The molecule has 6 rings (SSSR count). The third-order valence-corrected chi connectivity index (χ3v) is 9.88. The second-order valence-electron chi connectivity index (χ2n) is 11.5. The van der Waals surface area contributed by atoms with Crippen LogP contribution in [0.3, 0.4) is 0 Å². The van der Waals surface area contributed by atoms with Crippen LogP contribution in [0.1, 0.15) is 75.5 Å². The molecule has 5 aliphatic rings. The van der Waals surface area contributed by atoms with Crippen molar-refractivity contribution < 1.29 is 24.5 Å². The standard InChI is InChI=1S/C28H34O5/c1-15(23-14-26(2)28(4,33-26)25(31)32-23)16-8-10-18-17(12-16)9-11-20-19(18)13-22(29)21-6-5-7-24(30)27(20,21)3/h5-8,10,12,15,19-20,22-23,25,29,31H,9,11,13-14H2,1-4H3/t15-,19-,20-,22-,23+,25+,26-,27+,28+/m0/s1. The molecule has 176 valence electrons. The molecule has 0 radical (unpaired) electrons. The Balaban J connectivity index is 1.29. The number of benzene rings is 1. The van der Waals surface area contributed by atoms with Crippen LogP contribution in [0.25, 0.3) is 0 Å². The summed E-state index contributed by atoms with van der Waals surface area (Å²) in [6.45, 7) is 8.17. The molecule has 0 unspecified atom stereocenters. The molecule has 9 atom stereocenters. The third kappa shape index (κ3) is 2.83. The van der Waals surface area contributed by atoms with Crippen molar-refractivity contribution in [1.29, 1.82) is 0 Å². The maximum Gasteiger partial charge on any atom is 0.186 e. The van der Waals surface area contributed by atoms with Crippen molar-refractivity contribution in [3.05, 3.63) is 58.7 Å². The number of aliphatic hydroxyl groups excluding tert-OH is 2. The number of fused-ring (bicyclic) bond motifs is 6. The number of hydrogen-bond acceptors (Lipinski definition) is 5. The average Bonchev–Trinajstić information content (AvgIpc) is 3.37. The number of ketones is 1. The highest BCUT2D eigenvalue weighted by Gasteiger charge is 2.71. The largest absolute Gasteiger partial charge is 0.389 e. The number of carbonyl (C=O) groups excluding carboxylic acids is 1. The SMILES string of the molecule is C[C@@H](c1ccc2c(c1)CC[C@H]1[C@H]2C[C@H](O)C2=CC=CC(=O)[C@@]21C)[C@H]1C[C@]2(C)O[C@]2(C)[C@H](O)O1. The van der Waals surface area contributed by atoms with Gasteiger partial charge in [0.25, 0.3) is 0 Å². The number of aliphatic hydroxyl groups is 2. The zero-order valence-electron chi connectivity index (χ0n) is 19.9. The summed E-state index contributed by atoms with van der Waals surface area (Å²) in [5, 5.41) is 21.4. The van der Waals surface area contributed by atoms with Crippen LogP contribution in [0, 0.1) is 11.3 Å². The topological polar surface area (TPSA) is 79.3 Å². The molecule has 0 aromatic heterocycles. The maximum atomic E-state index is 13.0. The minimum absolute atomic E-state index is 0.107. The van der Waals surface area contributed by atoms with Crippen LogP contribution in [-0.2, 0) is 20.7 Å². The highest BCUT2D eigenvalue weighted by molar-refractivity contribution is 5.99. The summed E-state index contributed by atoms with van der Waals surface area (Å²) < 4.78 is 11.9. The third-order valence-electron chi connectivity index (χ3n) is 9.88. The molecular weight excluding hydrogens is 416 g/mol. The van der Waals surface area contributed by atoms with Crippen molar-refractivity contribution in [2.75, 3.05) is 0 Å². The van der Waals surface area contributed by atoms with Gasteiger partial charge in [0.1, 0.15) is 11.2 Å². The molecule has 1 aromatic carbocycles. The Morgan fingerprint density at radius 3 is 2.73 bits per heavy atom. The minimum Gasteiger partial charge on any atom is -0.389 e. The summed E-state index contributed by atoms with van der Waals surface area (Å²) in [4.78, 5) is 13.0. The molecule has 2 aliphatic heterocycles. The number of aryl methyl sites for hydroxylation is 1. The molecule has 1 saturated carbocycles. The van der Waals surface area contributed by atoms with Crippen LogP contribution in [0.15, 0.2) is 42.0 Å². The predicted molar refractivity (Wildman–Crippen MR) is 124 cm³/mol. The zero-order chi connectivity index (χ0) is 23.3. The molecule has 5 nitrogen and oxygen atoms in total. The fraction of sp³-hybridized carbons (Fsp3) is 0.607. The van der Waals surface area contributed by atoms with Gasteiger partial charge >= 0.3 is 0 Å². The molecule has 1 aromatic rings. The van der Waals surface area contributed by atoms with Crippen LogP contribution in [0.2, 0.25) is 0 Å². The number of allylic oxidation sites excluding steroid dienone is 3. The van der Waals surface area contributed by atoms with E-state index in [-0.39, 0.29) is 35.2 Å². The van der Waals surface area contributed by atoms with Crippen molar-refractivity contribution in [2.45, 2.75) is 94.9 Å². The van der Waals surface area contributed by atoms with Gasteiger partial charge in [0.2, 0.25) is 0 Å². The lowest BCUT2D eigenvalue weighted by atomic mass is 9.52. The summed E-state index contributed by atoms with van der Waals surface area (Å²) >= 11 is 0. The van der Waals surface area contributed by atoms with Gasteiger partial charge in [-0.05, 0) is 80.2 Å². The Morgan fingerprint density at radius 2 is 1.97 bits per heavy atom. The number of hydrogen-bond donors (Lipinski definition) is 2. The fourth-order valence-electron chi connectivity index (χ4n) is 7.38. The zero-order valence-corrected chi connectivity index (χ0v) is 19.9. The Labute approximate surface area is 195 Å². The molecule has 33 heavy (non-hydrogen) atoms. The molecule has 2 heterocycles. The second-order valence-corrected chi connectivity index (χ2v) is 11.5. The maximum absolute atomic E-state index is 13.0. The van der Waals surface area contributed by atoms with E-state index in [1.54, 1.807) is 12.2 Å². The summed E-state index contributed by atoms with van der Waals surface area (Å²) in [6.07, 6.45) is 7.12. The van der Waals surface area contributed by atoms with Crippen molar-refractivity contribution in [3.63, 3.8) is 0 Å². The Kier molecular flexibility index (Phi) is 4.53. The van der Waals surface area contributed by atoms with E-state index in [4.69, 9.17) is 9.47 Å². The molecule has 0 spiro atoms. The van der Waals surface area contributed by atoms with E-state index < -0.39 is 23.4 Å². The lowest BCUT2D eigenvalue weighted by Crippen LogP contribution is -2.50. The van der Waals surface area contributed by atoms with Gasteiger partial charge in [-0.25, -0.2) is 0 Å². The molecule has 0 bridgehead atoms. The molecule has 0 amide bonds. The van der Waals surface area contributed by atoms with Crippen LogP contribution in [-0.4, -0.2) is 45.7 Å². The number of carbonyl (C=O) groups is 1. The Bertz CT molecular complexity index is 1090. The minimum atomic E-state index is -0.907. The fourth-order valence-corrected chi connectivity index (χ4v) is 7.38. The average molecular weight is 451 g/mol. The van der Waals surface area contributed by atoms with Gasteiger partial charge in [-0.3, -0.25) is 4.79 Å². The van der Waals surface area contributed by atoms with E-state index in [1.807, 2.05) is 19.9 Å². The summed E-state index contributed by atoms with van der Waals surface area (Å²) in [6, 6.07) is 6.68. The van der Waals surface area contributed by atoms with Crippen molar-refractivity contribution in [2.24, 2.45) is 11.3 Å². The van der Waals surface area contributed by atoms with Crippen LogP contribution < -0.4 is 0 Å². The Morgan fingerprint density at radius 1 is 1.18 bits per heavy atom. The first-order valence-electron chi connectivity index (χ1n) is 12.4. The highest BCUT2D eigenvalue weighted by atomic mass is 16.7. The quantitative estimate of drug-likeness (QED) is 0.668. The van der Waals surface area contributed by atoms with E-state index >= 15 is 0 Å². The van der Waals surface area contributed by atoms with Gasteiger partial charge in [0, 0.05) is 12.3 Å². The van der Waals surface area contributed by atoms with E-state index in [0.717, 1.165) is 24.8 Å². The van der Waals surface area contributed by atoms with E-state index in [0.29, 0.717) is 6.42 Å². The molecule has 2 N–H and O–H groups in total. The predicted octanol–water partition coefficient (Wildman–Crippen LogP) is 3.93.